The summed E-state index contributed by atoms with van der Waals surface area (Å²) in [6.07, 6.45) is 1.71. The van der Waals surface area contributed by atoms with Gasteiger partial charge in [-0.25, -0.2) is 0 Å². The van der Waals surface area contributed by atoms with Gasteiger partial charge in [0.15, 0.2) is 0 Å². The molecule has 0 saturated carbocycles. The molecule has 0 aliphatic carbocycles. The summed E-state index contributed by atoms with van der Waals surface area (Å²) in [7, 11) is 0. The molecule has 1 nitrogen and oxygen atoms in total. The van der Waals surface area contributed by atoms with Crippen molar-refractivity contribution in [2.45, 2.75) is 25.0 Å². The minimum Gasteiger partial charge on any atom is -0.198 e. The van der Waals surface area contributed by atoms with E-state index in [-0.39, 0.29) is 0 Å². The Morgan fingerprint density at radius 3 is 2.89 bits per heavy atom. The maximum atomic E-state index is 8.30. The average Bonchev–Trinajstić information content (AvgIpc) is 1.88. The van der Waals surface area contributed by atoms with Gasteiger partial charge in [-0.3, -0.25) is 0 Å². The third-order valence-corrected chi connectivity index (χ3v) is 2.58. The summed E-state index contributed by atoms with van der Waals surface area (Å²) in [5.74, 6) is 0. The van der Waals surface area contributed by atoms with E-state index in [2.05, 4.69) is 25.6 Å². The minimum atomic E-state index is 0.493. The van der Waals surface area contributed by atoms with E-state index in [0.717, 1.165) is 6.42 Å². The highest BCUT2D eigenvalue weighted by atomic mass is 32.2. The fourth-order valence-corrected chi connectivity index (χ4v) is 1.65. The van der Waals surface area contributed by atoms with Crippen LogP contribution in [0, 0.1) is 11.3 Å². The zero-order valence-corrected chi connectivity index (χ0v) is 7.20. The standard InChI is InChI=1S/C6H11NS2/c1-2-6(3-4-7)9-5-8/h5-6,8-9H,2-3H2,1H3/t6-/m1/s1. The van der Waals surface area contributed by atoms with Gasteiger partial charge < -0.3 is 0 Å². The Morgan fingerprint density at radius 1 is 1.89 bits per heavy atom. The van der Waals surface area contributed by atoms with Gasteiger partial charge in [0, 0.05) is 11.7 Å². The molecule has 0 unspecified atom stereocenters. The van der Waals surface area contributed by atoms with Crippen molar-refractivity contribution in [3.8, 4) is 6.07 Å². The molecule has 0 aliphatic heterocycles. The second kappa shape index (κ2) is 6.18. The second-order valence-electron chi connectivity index (χ2n) is 1.69. The van der Waals surface area contributed by atoms with Crippen molar-refractivity contribution in [1.29, 1.82) is 5.26 Å². The Hall–Kier alpha value is 0.0600. The maximum absolute atomic E-state index is 8.30. The average molecular weight is 161 g/mol. The molecule has 0 aromatic heterocycles. The first-order valence-electron chi connectivity index (χ1n) is 2.88. The molecule has 0 N–H and O–H groups in total. The zero-order chi connectivity index (χ0) is 7.11. The lowest BCUT2D eigenvalue weighted by Crippen LogP contribution is -1.94. The third kappa shape index (κ3) is 4.56. The molecule has 0 spiro atoms. The van der Waals surface area contributed by atoms with Crippen molar-refractivity contribution in [2.24, 2.45) is 0 Å². The molecule has 0 aromatic rings. The second-order valence-corrected chi connectivity index (χ2v) is 3.64. The maximum Gasteiger partial charge on any atom is 0.0633 e. The number of hydrogen-bond acceptors (Lipinski definition) is 1. The molecule has 0 radical (unpaired) electrons. The molecule has 0 amide bonds. The molecule has 9 heavy (non-hydrogen) atoms. The highest BCUT2D eigenvalue weighted by Crippen LogP contribution is 2.09. The molecule has 3 heteroatoms. The van der Waals surface area contributed by atoms with Gasteiger partial charge in [-0.1, -0.05) is 6.92 Å². The lowest BCUT2D eigenvalue weighted by atomic mass is 10.3. The summed E-state index contributed by atoms with van der Waals surface area (Å²) in [4.78, 5) is 0. The van der Waals surface area contributed by atoms with Crippen LogP contribution in [0.1, 0.15) is 19.8 Å². The topological polar surface area (TPSA) is 23.8 Å². The van der Waals surface area contributed by atoms with Crippen molar-refractivity contribution >= 4 is 28.7 Å². The molecule has 1 atom stereocenters. The van der Waals surface area contributed by atoms with Gasteiger partial charge in [-0.05, 0) is 11.1 Å². The molecule has 0 bridgehead atoms. The Labute approximate surface area is 65.4 Å². The number of rotatable bonds is 3. The van der Waals surface area contributed by atoms with Crippen LogP contribution < -0.4 is 0 Å². The number of hydrogen-bond donors (Lipinski definition) is 2. The Balaban J connectivity index is 3.57. The van der Waals surface area contributed by atoms with Crippen LogP contribution in [0.3, 0.4) is 0 Å². The molecular weight excluding hydrogens is 150 g/mol. The summed E-state index contributed by atoms with van der Waals surface area (Å²) in [6.45, 7) is 2.09. The summed E-state index contributed by atoms with van der Waals surface area (Å²) in [5, 5.41) is 8.79. The van der Waals surface area contributed by atoms with E-state index in [0.29, 0.717) is 11.7 Å². The van der Waals surface area contributed by atoms with Crippen LogP contribution in [0.15, 0.2) is 0 Å². The largest absolute Gasteiger partial charge is 0.198 e. The number of thiol groups is 2. The van der Waals surface area contributed by atoms with Gasteiger partial charge in [0.25, 0.3) is 0 Å². The number of nitriles is 1. The Morgan fingerprint density at radius 2 is 2.56 bits per heavy atom. The van der Waals surface area contributed by atoms with Crippen molar-refractivity contribution in [1.82, 2.24) is 0 Å². The van der Waals surface area contributed by atoms with Crippen LogP contribution in [-0.4, -0.2) is 9.95 Å². The summed E-state index contributed by atoms with van der Waals surface area (Å²) >= 11 is 5.13. The first-order valence-corrected chi connectivity index (χ1v) is 4.42. The quantitative estimate of drug-likeness (QED) is 0.479. The first kappa shape index (κ1) is 9.06. The van der Waals surface area contributed by atoms with Crippen LogP contribution in [0.5, 0.6) is 0 Å². The molecular formula is C6H11NS2. The minimum absolute atomic E-state index is 0.493. The fraction of sp³-hybridized carbons (Fsp3) is 0.667. The van der Waals surface area contributed by atoms with Crippen molar-refractivity contribution in [3.63, 3.8) is 0 Å². The van der Waals surface area contributed by atoms with Crippen LogP contribution in [0.4, 0.5) is 0 Å². The zero-order valence-electron chi connectivity index (χ0n) is 5.41. The SMILES string of the molecule is CC[C@H](CC#N)/[SH]=C/S. The molecule has 0 saturated heterocycles. The van der Waals surface area contributed by atoms with Gasteiger partial charge >= 0.3 is 0 Å². The van der Waals surface area contributed by atoms with E-state index in [1.54, 1.807) is 4.70 Å². The van der Waals surface area contributed by atoms with Gasteiger partial charge in [-0.15, -0.1) is 12.6 Å². The van der Waals surface area contributed by atoms with Crippen LogP contribution in [0.2, 0.25) is 0 Å². The highest BCUT2D eigenvalue weighted by molar-refractivity contribution is 8.16. The fourth-order valence-electron chi connectivity index (χ4n) is 0.502. The van der Waals surface area contributed by atoms with E-state index < -0.39 is 0 Å². The van der Waals surface area contributed by atoms with Gasteiger partial charge in [0.1, 0.15) is 0 Å². The predicted molar refractivity (Wildman–Crippen MR) is 48.3 cm³/mol. The van der Waals surface area contributed by atoms with E-state index in [1.807, 2.05) is 0 Å². The Bertz CT molecular complexity index is 126. The lowest BCUT2D eigenvalue weighted by Gasteiger charge is -2.01. The van der Waals surface area contributed by atoms with Gasteiger partial charge in [-0.2, -0.15) is 16.6 Å². The van der Waals surface area contributed by atoms with E-state index >= 15 is 0 Å². The molecule has 0 aromatic carbocycles. The van der Waals surface area contributed by atoms with Gasteiger partial charge in [0.05, 0.1) is 6.07 Å². The van der Waals surface area contributed by atoms with Crippen molar-refractivity contribution in [3.05, 3.63) is 0 Å². The molecule has 52 valence electrons. The Kier molecular flexibility index (Phi) is 6.23. The van der Waals surface area contributed by atoms with E-state index in [1.165, 1.54) is 11.4 Å². The van der Waals surface area contributed by atoms with Crippen molar-refractivity contribution in [2.75, 3.05) is 0 Å². The summed E-state index contributed by atoms with van der Waals surface area (Å²) in [6, 6.07) is 2.14. The van der Waals surface area contributed by atoms with Crippen LogP contribution in [0.25, 0.3) is 0 Å². The smallest absolute Gasteiger partial charge is 0.0633 e. The first-order chi connectivity index (χ1) is 4.35. The number of nitrogens with zero attached hydrogens (tertiary/aromatic N) is 1. The normalized spacial score (nSPS) is 14.3. The van der Waals surface area contributed by atoms with Gasteiger partial charge in [0.2, 0.25) is 0 Å². The van der Waals surface area contributed by atoms with Crippen molar-refractivity contribution < 1.29 is 0 Å². The highest BCUT2D eigenvalue weighted by Gasteiger charge is 1.97. The molecule has 0 fully saturated rings. The van der Waals surface area contributed by atoms with E-state index in [9.17, 15) is 0 Å². The summed E-state index contributed by atoms with van der Waals surface area (Å²) < 4.78 is 1.80. The third-order valence-electron chi connectivity index (χ3n) is 1.08. The molecule has 0 aliphatic rings. The molecule has 0 rings (SSSR count). The summed E-state index contributed by atoms with van der Waals surface area (Å²) in [5.41, 5.74) is 0. The lowest BCUT2D eigenvalue weighted by molar-refractivity contribution is 0.848. The van der Waals surface area contributed by atoms with E-state index in [4.69, 9.17) is 5.26 Å². The molecule has 0 heterocycles. The monoisotopic (exact) mass is 161 g/mol. The van der Waals surface area contributed by atoms with Crippen LogP contribution >= 0.6 is 24.0 Å². The van der Waals surface area contributed by atoms with Crippen LogP contribution in [-0.2, 0) is 0 Å². The predicted octanol–water partition coefficient (Wildman–Crippen LogP) is 1.83.